The molecule has 0 saturated carbocycles. The topological polar surface area (TPSA) is 104 Å². The molecule has 148 valence electrons. The number of carbonyl (C=O) groups excluding carboxylic acids is 1. The van der Waals surface area contributed by atoms with Gasteiger partial charge in [-0.15, -0.1) is 0 Å². The fourth-order valence-electron chi connectivity index (χ4n) is 3.54. The molecule has 0 unspecified atom stereocenters. The molecule has 0 aliphatic carbocycles. The second-order valence-electron chi connectivity index (χ2n) is 7.08. The number of piperidine rings is 1. The van der Waals surface area contributed by atoms with E-state index >= 15 is 0 Å². The summed E-state index contributed by atoms with van der Waals surface area (Å²) in [4.78, 5) is 27.0. The van der Waals surface area contributed by atoms with Gasteiger partial charge in [0.15, 0.2) is 0 Å². The summed E-state index contributed by atoms with van der Waals surface area (Å²) in [5.41, 5.74) is -0.157. The Kier molecular flexibility index (Phi) is 5.78. The molecule has 2 aliphatic rings. The van der Waals surface area contributed by atoms with E-state index in [4.69, 9.17) is 0 Å². The number of nitro groups is 1. The summed E-state index contributed by atoms with van der Waals surface area (Å²) in [7, 11) is -1.76. The van der Waals surface area contributed by atoms with Crippen molar-refractivity contribution >= 4 is 21.6 Å². The van der Waals surface area contributed by atoms with Crippen LogP contribution in [-0.2, 0) is 14.8 Å². The molecule has 2 heterocycles. The third kappa shape index (κ3) is 4.28. The van der Waals surface area contributed by atoms with E-state index in [9.17, 15) is 23.3 Å². The fourth-order valence-corrected chi connectivity index (χ4v) is 5.06. The SMILES string of the molecule is CN1CCN(C(=O)[C@H]2CCCN(S(=O)(=O)c3ccc([N+](=O)[O-])cc3)C2)CC1. The van der Waals surface area contributed by atoms with Crippen LogP contribution in [0.15, 0.2) is 29.2 Å². The number of hydrogen-bond acceptors (Lipinski definition) is 6. The Bertz CT molecular complexity index is 803. The van der Waals surface area contributed by atoms with Gasteiger partial charge in [0.05, 0.1) is 15.7 Å². The standard InChI is InChI=1S/C17H24N4O5S/c1-18-9-11-19(12-10-18)17(22)14-3-2-8-20(13-14)27(25,26)16-6-4-15(5-7-16)21(23)24/h4-7,14H,2-3,8-13H2,1H3/t14-/m0/s1. The first-order valence-corrected chi connectivity index (χ1v) is 10.4. The molecule has 0 radical (unpaired) electrons. The van der Waals surface area contributed by atoms with Gasteiger partial charge in [-0.2, -0.15) is 4.31 Å². The number of non-ortho nitro benzene ring substituents is 1. The molecule has 0 bridgehead atoms. The van der Waals surface area contributed by atoms with Crippen LogP contribution >= 0.6 is 0 Å². The van der Waals surface area contributed by atoms with Crippen molar-refractivity contribution < 1.29 is 18.1 Å². The Morgan fingerprint density at radius 2 is 1.74 bits per heavy atom. The molecule has 2 aliphatic heterocycles. The van der Waals surface area contributed by atoms with Crippen LogP contribution in [0.5, 0.6) is 0 Å². The minimum Gasteiger partial charge on any atom is -0.340 e. The molecule has 27 heavy (non-hydrogen) atoms. The van der Waals surface area contributed by atoms with E-state index in [1.165, 1.54) is 28.6 Å². The number of carbonyl (C=O) groups is 1. The predicted octanol–water partition coefficient (Wildman–Crippen LogP) is 0.770. The summed E-state index contributed by atoms with van der Waals surface area (Å²) in [6.45, 7) is 3.49. The zero-order chi connectivity index (χ0) is 19.6. The van der Waals surface area contributed by atoms with Crippen molar-refractivity contribution in [1.82, 2.24) is 14.1 Å². The Morgan fingerprint density at radius 3 is 2.33 bits per heavy atom. The molecule has 3 rings (SSSR count). The van der Waals surface area contributed by atoms with Crippen molar-refractivity contribution in [3.05, 3.63) is 34.4 Å². The fraction of sp³-hybridized carbons (Fsp3) is 0.588. The summed E-state index contributed by atoms with van der Waals surface area (Å²) >= 11 is 0. The number of piperazine rings is 1. The highest BCUT2D eigenvalue weighted by atomic mass is 32.2. The number of nitro benzene ring substituents is 1. The lowest BCUT2D eigenvalue weighted by Crippen LogP contribution is -2.52. The molecule has 0 aromatic heterocycles. The Morgan fingerprint density at radius 1 is 1.11 bits per heavy atom. The zero-order valence-corrected chi connectivity index (χ0v) is 16.1. The van der Waals surface area contributed by atoms with Gasteiger partial charge in [-0.3, -0.25) is 14.9 Å². The summed E-state index contributed by atoms with van der Waals surface area (Å²) in [6.07, 6.45) is 1.30. The molecule has 2 saturated heterocycles. The number of rotatable bonds is 4. The Hall–Kier alpha value is -2.04. The molecule has 0 spiro atoms. The molecule has 9 nitrogen and oxygen atoms in total. The van der Waals surface area contributed by atoms with Gasteiger partial charge < -0.3 is 9.80 Å². The van der Waals surface area contributed by atoms with Crippen molar-refractivity contribution in [2.45, 2.75) is 17.7 Å². The second kappa shape index (κ2) is 7.91. The molecule has 10 heteroatoms. The number of likely N-dealkylation sites (N-methyl/N-ethyl adjacent to an activating group) is 1. The maximum Gasteiger partial charge on any atom is 0.269 e. The van der Waals surface area contributed by atoms with Crippen LogP contribution in [0.4, 0.5) is 5.69 Å². The van der Waals surface area contributed by atoms with Gasteiger partial charge in [0, 0.05) is 51.4 Å². The molecule has 2 fully saturated rings. The minimum atomic E-state index is -3.78. The van der Waals surface area contributed by atoms with E-state index in [0.717, 1.165) is 13.1 Å². The van der Waals surface area contributed by atoms with Gasteiger partial charge in [-0.1, -0.05) is 0 Å². The molecule has 1 aromatic carbocycles. The number of benzene rings is 1. The van der Waals surface area contributed by atoms with Gasteiger partial charge in [-0.05, 0) is 32.0 Å². The normalized spacial score (nSPS) is 22.6. The van der Waals surface area contributed by atoms with E-state index in [1.54, 1.807) is 0 Å². The smallest absolute Gasteiger partial charge is 0.269 e. The molecular formula is C17H24N4O5S. The Labute approximate surface area is 158 Å². The third-order valence-corrected chi connectivity index (χ3v) is 7.11. The molecule has 1 amide bonds. The van der Waals surface area contributed by atoms with Crippen molar-refractivity contribution in [2.24, 2.45) is 5.92 Å². The number of amides is 1. The quantitative estimate of drug-likeness (QED) is 0.550. The van der Waals surface area contributed by atoms with E-state index in [2.05, 4.69) is 4.90 Å². The van der Waals surface area contributed by atoms with Crippen LogP contribution < -0.4 is 0 Å². The Balaban J connectivity index is 1.71. The van der Waals surface area contributed by atoms with E-state index in [1.807, 2.05) is 11.9 Å². The maximum atomic E-state index is 12.9. The van der Waals surface area contributed by atoms with Crippen LogP contribution in [-0.4, -0.2) is 79.7 Å². The van der Waals surface area contributed by atoms with Crippen molar-refractivity contribution in [3.63, 3.8) is 0 Å². The zero-order valence-electron chi connectivity index (χ0n) is 15.3. The summed E-state index contributed by atoms with van der Waals surface area (Å²) in [5.74, 6) is -0.318. The molecule has 1 aromatic rings. The van der Waals surface area contributed by atoms with Crippen LogP contribution in [0.3, 0.4) is 0 Å². The van der Waals surface area contributed by atoms with E-state index < -0.39 is 14.9 Å². The van der Waals surface area contributed by atoms with Gasteiger partial charge in [0.25, 0.3) is 5.69 Å². The van der Waals surface area contributed by atoms with Crippen LogP contribution in [0.2, 0.25) is 0 Å². The summed E-state index contributed by atoms with van der Waals surface area (Å²) in [6, 6.07) is 4.87. The highest BCUT2D eigenvalue weighted by molar-refractivity contribution is 7.89. The van der Waals surface area contributed by atoms with Crippen LogP contribution in [0, 0.1) is 16.0 Å². The maximum absolute atomic E-state index is 12.9. The monoisotopic (exact) mass is 396 g/mol. The van der Waals surface area contributed by atoms with Gasteiger partial charge in [0.1, 0.15) is 0 Å². The number of nitrogens with zero attached hydrogens (tertiary/aromatic N) is 4. The summed E-state index contributed by atoms with van der Waals surface area (Å²) < 4.78 is 27.1. The number of hydrogen-bond donors (Lipinski definition) is 0. The largest absolute Gasteiger partial charge is 0.340 e. The van der Waals surface area contributed by atoms with Gasteiger partial charge in [0.2, 0.25) is 15.9 Å². The first-order valence-electron chi connectivity index (χ1n) is 9.01. The van der Waals surface area contributed by atoms with Crippen molar-refractivity contribution in [3.8, 4) is 0 Å². The van der Waals surface area contributed by atoms with Crippen molar-refractivity contribution in [2.75, 3.05) is 46.3 Å². The second-order valence-corrected chi connectivity index (χ2v) is 9.02. The van der Waals surface area contributed by atoms with E-state index in [-0.39, 0.29) is 29.0 Å². The highest BCUT2D eigenvalue weighted by Crippen LogP contribution is 2.26. The van der Waals surface area contributed by atoms with E-state index in [0.29, 0.717) is 32.5 Å². The van der Waals surface area contributed by atoms with Crippen molar-refractivity contribution in [1.29, 1.82) is 0 Å². The predicted molar refractivity (Wildman–Crippen MR) is 98.7 cm³/mol. The van der Waals surface area contributed by atoms with Crippen LogP contribution in [0.25, 0.3) is 0 Å². The molecule has 0 N–H and O–H groups in total. The summed E-state index contributed by atoms with van der Waals surface area (Å²) in [5, 5.41) is 10.8. The lowest BCUT2D eigenvalue weighted by Gasteiger charge is -2.37. The highest BCUT2D eigenvalue weighted by Gasteiger charge is 2.35. The lowest BCUT2D eigenvalue weighted by atomic mass is 9.98. The molecular weight excluding hydrogens is 372 g/mol. The van der Waals surface area contributed by atoms with Crippen LogP contribution in [0.1, 0.15) is 12.8 Å². The minimum absolute atomic E-state index is 0.0146. The average Bonchev–Trinajstić information content (AvgIpc) is 2.68. The lowest BCUT2D eigenvalue weighted by molar-refractivity contribution is -0.384. The molecule has 1 atom stereocenters. The number of sulfonamides is 1. The third-order valence-electron chi connectivity index (χ3n) is 5.23. The first kappa shape index (κ1) is 19.7. The van der Waals surface area contributed by atoms with Gasteiger partial charge in [-0.25, -0.2) is 8.42 Å². The first-order chi connectivity index (χ1) is 12.8. The van der Waals surface area contributed by atoms with Gasteiger partial charge >= 0.3 is 0 Å². The average molecular weight is 396 g/mol.